The Kier molecular flexibility index (Phi) is 14.5. The van der Waals surface area contributed by atoms with Crippen molar-refractivity contribution >= 4 is 52.5 Å². The average molecular weight is 879 g/mol. The summed E-state index contributed by atoms with van der Waals surface area (Å²) < 4.78 is 29.7. The molecule has 3 aliphatic rings. The highest BCUT2D eigenvalue weighted by Crippen LogP contribution is 2.32. The monoisotopic (exact) mass is 878 g/mol. The van der Waals surface area contributed by atoms with Crippen molar-refractivity contribution in [1.82, 2.24) is 34.7 Å². The van der Waals surface area contributed by atoms with E-state index in [1.807, 2.05) is 21.4 Å². The summed E-state index contributed by atoms with van der Waals surface area (Å²) in [5.74, 6) is -0.703. The molecule has 3 aromatic heterocycles. The largest absolute Gasteiger partial charge is 0.467 e. The molecule has 0 bridgehead atoms. The second-order valence-electron chi connectivity index (χ2n) is 15.2. The third-order valence-corrected chi connectivity index (χ3v) is 11.1. The zero-order chi connectivity index (χ0) is 44.3. The van der Waals surface area contributed by atoms with Crippen LogP contribution in [-0.2, 0) is 39.9 Å². The van der Waals surface area contributed by atoms with Crippen LogP contribution in [0.3, 0.4) is 0 Å². The van der Waals surface area contributed by atoms with Gasteiger partial charge in [-0.25, -0.2) is 4.98 Å². The maximum absolute atomic E-state index is 13.2. The number of hydrogen-bond acceptors (Lipinski definition) is 16. The van der Waals surface area contributed by atoms with Crippen molar-refractivity contribution in [1.29, 1.82) is 0 Å². The van der Waals surface area contributed by atoms with Crippen LogP contribution in [-0.4, -0.2) is 151 Å². The Morgan fingerprint density at radius 1 is 0.797 bits per heavy atom. The van der Waals surface area contributed by atoms with Gasteiger partial charge < -0.3 is 43.8 Å². The van der Waals surface area contributed by atoms with Crippen LogP contribution in [0.4, 0.5) is 17.3 Å². The van der Waals surface area contributed by atoms with E-state index in [4.69, 9.17) is 23.4 Å². The van der Waals surface area contributed by atoms with Gasteiger partial charge in [-0.1, -0.05) is 18.2 Å². The van der Waals surface area contributed by atoms with Gasteiger partial charge in [0.05, 0.1) is 83.2 Å². The highest BCUT2D eigenvalue weighted by atomic mass is 16.6. The predicted molar refractivity (Wildman–Crippen MR) is 231 cm³/mol. The van der Waals surface area contributed by atoms with Crippen LogP contribution in [0, 0.1) is 0 Å². The summed E-state index contributed by atoms with van der Waals surface area (Å²) in [5.41, 5.74) is 4.51. The Hall–Kier alpha value is -6.74. The number of hydrogen-bond donors (Lipinski definition) is 3. The van der Waals surface area contributed by atoms with Crippen LogP contribution >= 0.6 is 0 Å². The number of nitrogens with zero attached hydrogens (tertiary/aromatic N) is 7. The van der Waals surface area contributed by atoms with Crippen molar-refractivity contribution in [2.45, 2.75) is 31.8 Å². The lowest BCUT2D eigenvalue weighted by Gasteiger charge is -2.36. The van der Waals surface area contributed by atoms with Gasteiger partial charge in [0.15, 0.2) is 5.65 Å². The fraction of sp³-hybridized carbons (Fsp3) is 0.409. The molecule has 6 heterocycles. The highest BCUT2D eigenvalue weighted by Gasteiger charge is 2.45. The number of anilines is 3. The molecule has 2 aromatic carbocycles. The Labute approximate surface area is 368 Å². The van der Waals surface area contributed by atoms with E-state index < -0.39 is 29.7 Å². The number of ether oxygens (including phenoxy) is 4. The quantitative estimate of drug-likeness (QED) is 0.0671. The molecule has 336 valence electrons. The first-order valence-corrected chi connectivity index (χ1v) is 21.3. The van der Waals surface area contributed by atoms with Crippen molar-refractivity contribution in [2.75, 3.05) is 101 Å². The second kappa shape index (κ2) is 21.1. The van der Waals surface area contributed by atoms with E-state index in [0.717, 1.165) is 40.6 Å². The van der Waals surface area contributed by atoms with Crippen LogP contribution in [0.1, 0.15) is 45.7 Å². The van der Waals surface area contributed by atoms with Gasteiger partial charge in [-0.15, -0.1) is 10.2 Å². The number of amides is 5. The van der Waals surface area contributed by atoms with Gasteiger partial charge in [0, 0.05) is 62.3 Å². The minimum absolute atomic E-state index is 0.0585. The minimum Gasteiger partial charge on any atom is -0.467 e. The number of benzene rings is 2. The minimum atomic E-state index is -1.02. The number of carbonyl (C=O) groups is 5. The fourth-order valence-electron chi connectivity index (χ4n) is 7.80. The Morgan fingerprint density at radius 2 is 1.53 bits per heavy atom. The van der Waals surface area contributed by atoms with Gasteiger partial charge in [0.1, 0.15) is 18.1 Å². The van der Waals surface area contributed by atoms with E-state index in [-0.39, 0.29) is 29.9 Å². The first-order chi connectivity index (χ1) is 31.4. The fourth-order valence-corrected chi connectivity index (χ4v) is 7.80. The topological polar surface area (TPSA) is 224 Å². The lowest BCUT2D eigenvalue weighted by Crippen LogP contribution is -2.54. The summed E-state index contributed by atoms with van der Waals surface area (Å²) in [6.45, 7) is 6.49. The van der Waals surface area contributed by atoms with Crippen molar-refractivity contribution in [3.05, 3.63) is 90.3 Å². The van der Waals surface area contributed by atoms with Crippen LogP contribution in [0.15, 0.2) is 77.8 Å². The molecular weight excluding hydrogens is 829 g/mol. The Balaban J connectivity index is 0.638. The maximum atomic E-state index is 13.2. The predicted octanol–water partition coefficient (Wildman–Crippen LogP) is 2.61. The molecule has 0 radical (unpaired) electrons. The van der Waals surface area contributed by atoms with Gasteiger partial charge in [0.2, 0.25) is 23.7 Å². The molecule has 1 atom stereocenters. The molecule has 1 unspecified atom stereocenters. The molecule has 2 saturated heterocycles. The molecule has 64 heavy (non-hydrogen) atoms. The number of fused-ring (bicyclic) bond motifs is 2. The summed E-state index contributed by atoms with van der Waals surface area (Å²) >= 11 is 0. The number of carbonyl (C=O) groups excluding carboxylic acids is 5. The maximum Gasteiger partial charge on any atom is 0.264 e. The normalized spacial score (nSPS) is 16.4. The van der Waals surface area contributed by atoms with Gasteiger partial charge >= 0.3 is 0 Å². The molecule has 0 spiro atoms. The molecule has 5 aromatic rings. The van der Waals surface area contributed by atoms with E-state index in [1.165, 1.54) is 0 Å². The molecule has 20 nitrogen and oxygen atoms in total. The summed E-state index contributed by atoms with van der Waals surface area (Å²) in [6.07, 6.45) is 5.53. The van der Waals surface area contributed by atoms with Gasteiger partial charge in [-0.2, -0.15) is 0 Å². The van der Waals surface area contributed by atoms with E-state index in [0.29, 0.717) is 103 Å². The highest BCUT2D eigenvalue weighted by molar-refractivity contribution is 6.25. The Bertz CT molecular complexity index is 2420. The van der Waals surface area contributed by atoms with Gasteiger partial charge in [0.25, 0.3) is 11.8 Å². The number of aromatic nitrogens is 4. The second-order valence-corrected chi connectivity index (χ2v) is 15.2. The van der Waals surface area contributed by atoms with E-state index in [9.17, 15) is 24.0 Å². The molecule has 0 aliphatic carbocycles. The number of nitrogens with one attached hydrogen (secondary N) is 3. The molecule has 3 aliphatic heterocycles. The summed E-state index contributed by atoms with van der Waals surface area (Å²) in [5, 5.41) is 17.1. The lowest BCUT2D eigenvalue weighted by molar-refractivity contribution is -0.136. The number of piperidine rings is 1. The van der Waals surface area contributed by atoms with Crippen LogP contribution in [0.25, 0.3) is 16.8 Å². The smallest absolute Gasteiger partial charge is 0.264 e. The molecular formula is C44H50N10O10. The Morgan fingerprint density at radius 3 is 2.25 bits per heavy atom. The summed E-state index contributed by atoms with van der Waals surface area (Å²) in [6, 6.07) is 15.9. The van der Waals surface area contributed by atoms with E-state index in [1.54, 1.807) is 37.0 Å². The van der Waals surface area contributed by atoms with Crippen molar-refractivity contribution in [2.24, 2.45) is 0 Å². The first-order valence-electron chi connectivity index (χ1n) is 21.3. The zero-order valence-electron chi connectivity index (χ0n) is 35.2. The van der Waals surface area contributed by atoms with Crippen molar-refractivity contribution < 1.29 is 47.3 Å². The third-order valence-electron chi connectivity index (χ3n) is 11.1. The molecule has 5 amide bonds. The third kappa shape index (κ3) is 10.4. The first kappa shape index (κ1) is 43.9. The lowest BCUT2D eigenvalue weighted by atomic mass is 10.0. The van der Waals surface area contributed by atoms with E-state index >= 15 is 0 Å². The van der Waals surface area contributed by atoms with E-state index in [2.05, 4.69) is 60.3 Å². The molecule has 3 N–H and O–H groups in total. The number of piperazine rings is 1. The average Bonchev–Trinajstić information content (AvgIpc) is 4.08. The van der Waals surface area contributed by atoms with Gasteiger partial charge in [-0.05, 0) is 48.4 Å². The van der Waals surface area contributed by atoms with Crippen molar-refractivity contribution in [3.8, 4) is 11.1 Å². The summed E-state index contributed by atoms with van der Waals surface area (Å²) in [7, 11) is 0. The van der Waals surface area contributed by atoms with Crippen molar-refractivity contribution in [3.63, 3.8) is 0 Å². The number of furan rings is 1. The standard InChI is InChI=1S/C44H50N10O10/c55-37-11-10-36(41(57)49-37)54-42(58)33-4-1-5-35(39(33)43(54)59)45-13-20-61-22-24-63-26-25-62-23-21-60-19-12-38(56)52-16-14-51(15-17-52)31-8-6-30(7-9-31)34-28-47-44(53-29-48-50-40(34)53)46-27-32-3-2-18-64-32/h1-9,18,28-29,36,45H,10-17,19-27H2,(H,46,47)(H,49,55,57). The molecule has 2 fully saturated rings. The van der Waals surface area contributed by atoms with Crippen LogP contribution in [0.2, 0.25) is 0 Å². The van der Waals surface area contributed by atoms with Gasteiger partial charge in [-0.3, -0.25) is 38.6 Å². The van der Waals surface area contributed by atoms with Crippen LogP contribution in [0.5, 0.6) is 0 Å². The molecule has 8 rings (SSSR count). The zero-order valence-corrected chi connectivity index (χ0v) is 35.2. The summed E-state index contributed by atoms with van der Waals surface area (Å²) in [4.78, 5) is 72.7. The number of rotatable bonds is 22. The molecule has 20 heteroatoms. The SMILES string of the molecule is O=C1CCC(N2C(=O)c3cccc(NCCOCCOCCOCCOCCC(=O)N4CCN(c5ccc(-c6cnc(NCc7ccco7)n7cnnc67)cc5)CC4)c3C2=O)C(=O)N1. The molecule has 0 saturated carbocycles. The van der Waals surface area contributed by atoms with Crippen LogP contribution < -0.4 is 20.9 Å². The number of imide groups is 2.